The van der Waals surface area contributed by atoms with Crippen LogP contribution in [0.25, 0.3) is 0 Å². The largest absolute Gasteiger partial charge is 0.387 e. The number of hydrogen-bond donors (Lipinski definition) is 3. The molecular formula is C36H45N5O3S. The molecule has 1 aliphatic rings. The van der Waals surface area contributed by atoms with Crippen LogP contribution >= 0.6 is 0 Å². The van der Waals surface area contributed by atoms with Crippen molar-refractivity contribution in [2.45, 2.75) is 75.7 Å². The molecule has 4 aromatic rings. The van der Waals surface area contributed by atoms with Crippen molar-refractivity contribution >= 4 is 27.2 Å². The van der Waals surface area contributed by atoms with E-state index in [4.69, 9.17) is 4.98 Å². The highest BCUT2D eigenvalue weighted by Gasteiger charge is 2.24. The van der Waals surface area contributed by atoms with Gasteiger partial charge in [0.1, 0.15) is 5.82 Å². The summed E-state index contributed by atoms with van der Waals surface area (Å²) in [5, 5.41) is 13.5. The standard InChI is InChI=1S/C36H45N5O3S/c1-2-3-4-5-6-7-11-31-12-8-13-36(39-31)41-24-21-29-25-33(18-19-34(29)41)45(43,44)40-32-16-14-28(15-17-32)20-23-38-27-35(42)30-10-9-22-37-26-30/h8-10,12-19,22,25-26,35,38,40,42H,2-7,11,20-21,23-24,27H2,1H3/t35-/m0/s1. The lowest BCUT2D eigenvalue weighted by Gasteiger charge is -2.19. The minimum Gasteiger partial charge on any atom is -0.387 e. The van der Waals surface area contributed by atoms with E-state index in [0.29, 0.717) is 18.8 Å². The topological polar surface area (TPSA) is 107 Å². The van der Waals surface area contributed by atoms with E-state index in [-0.39, 0.29) is 4.90 Å². The van der Waals surface area contributed by atoms with Crippen LogP contribution in [0.2, 0.25) is 0 Å². The average molecular weight is 628 g/mol. The van der Waals surface area contributed by atoms with Gasteiger partial charge in [0.2, 0.25) is 0 Å². The molecule has 0 saturated carbocycles. The van der Waals surface area contributed by atoms with Gasteiger partial charge in [-0.05, 0) is 91.9 Å². The van der Waals surface area contributed by atoms with E-state index in [9.17, 15) is 13.5 Å². The zero-order valence-corrected chi connectivity index (χ0v) is 27.0. The molecule has 1 atom stereocenters. The van der Waals surface area contributed by atoms with Crippen molar-refractivity contribution in [2.24, 2.45) is 0 Å². The molecule has 3 N–H and O–H groups in total. The summed E-state index contributed by atoms with van der Waals surface area (Å²) in [6.45, 7) is 4.14. The Morgan fingerprint density at radius 3 is 2.56 bits per heavy atom. The predicted molar refractivity (Wildman–Crippen MR) is 181 cm³/mol. The summed E-state index contributed by atoms with van der Waals surface area (Å²) >= 11 is 0. The lowest BCUT2D eigenvalue weighted by atomic mass is 10.1. The predicted octanol–water partition coefficient (Wildman–Crippen LogP) is 6.74. The molecule has 0 fully saturated rings. The van der Waals surface area contributed by atoms with Crippen molar-refractivity contribution < 1.29 is 13.5 Å². The van der Waals surface area contributed by atoms with Crippen molar-refractivity contribution in [1.29, 1.82) is 0 Å². The lowest BCUT2D eigenvalue weighted by molar-refractivity contribution is 0.174. The van der Waals surface area contributed by atoms with Gasteiger partial charge in [0.15, 0.2) is 0 Å². The second kappa shape index (κ2) is 16.0. The van der Waals surface area contributed by atoms with Crippen LogP contribution in [-0.2, 0) is 29.3 Å². The van der Waals surface area contributed by atoms with Crippen LogP contribution in [0.15, 0.2) is 90.1 Å². The zero-order valence-electron chi connectivity index (χ0n) is 26.2. The first kappa shape index (κ1) is 32.6. The highest BCUT2D eigenvalue weighted by molar-refractivity contribution is 7.92. The Kier molecular flexibility index (Phi) is 11.6. The van der Waals surface area contributed by atoms with Gasteiger partial charge in [0.25, 0.3) is 10.0 Å². The van der Waals surface area contributed by atoms with Crippen molar-refractivity contribution in [2.75, 3.05) is 29.3 Å². The first-order valence-electron chi connectivity index (χ1n) is 16.2. The molecule has 0 spiro atoms. The number of rotatable bonds is 17. The van der Waals surface area contributed by atoms with Crippen LogP contribution in [-0.4, -0.2) is 43.1 Å². The number of aliphatic hydroxyl groups is 1. The number of sulfonamides is 1. The Balaban J connectivity index is 1.13. The Bertz CT molecular complexity index is 1610. The molecule has 0 unspecified atom stereocenters. The maximum atomic E-state index is 13.3. The van der Waals surface area contributed by atoms with Crippen LogP contribution < -0.4 is 14.9 Å². The summed E-state index contributed by atoms with van der Waals surface area (Å²) in [7, 11) is -3.74. The number of aliphatic hydroxyl groups excluding tert-OH is 1. The number of hydrogen-bond acceptors (Lipinski definition) is 7. The van der Waals surface area contributed by atoms with Crippen LogP contribution in [0.3, 0.4) is 0 Å². The Labute approximate surface area is 268 Å². The highest BCUT2D eigenvalue weighted by Crippen LogP contribution is 2.35. The van der Waals surface area contributed by atoms with Gasteiger partial charge in [0.05, 0.1) is 11.0 Å². The molecular weight excluding hydrogens is 582 g/mol. The third-order valence-corrected chi connectivity index (χ3v) is 9.69. The van der Waals surface area contributed by atoms with E-state index in [2.05, 4.69) is 39.0 Å². The number of unbranched alkanes of at least 4 members (excludes halogenated alkanes) is 5. The molecule has 2 aromatic heterocycles. The van der Waals surface area contributed by atoms with Crippen molar-refractivity contribution in [3.8, 4) is 0 Å². The van der Waals surface area contributed by atoms with Gasteiger partial charge in [-0.25, -0.2) is 13.4 Å². The molecule has 0 bridgehead atoms. The molecule has 2 aromatic carbocycles. The molecule has 0 radical (unpaired) electrons. The van der Waals surface area contributed by atoms with Crippen LogP contribution in [0.4, 0.5) is 17.2 Å². The fraction of sp³-hybridized carbons (Fsp3) is 0.389. The van der Waals surface area contributed by atoms with Gasteiger partial charge in [0, 0.05) is 48.1 Å². The Morgan fingerprint density at radius 1 is 0.933 bits per heavy atom. The van der Waals surface area contributed by atoms with Crippen LogP contribution in [0.5, 0.6) is 0 Å². The third kappa shape index (κ3) is 9.12. The molecule has 0 amide bonds. The molecule has 5 rings (SSSR count). The second-order valence-corrected chi connectivity index (χ2v) is 13.4. The van der Waals surface area contributed by atoms with Crippen molar-refractivity contribution in [3.05, 3.63) is 108 Å². The molecule has 8 nitrogen and oxygen atoms in total. The Morgan fingerprint density at radius 2 is 1.76 bits per heavy atom. The number of pyridine rings is 2. The van der Waals surface area contributed by atoms with Crippen LogP contribution in [0, 0.1) is 0 Å². The maximum absolute atomic E-state index is 13.3. The SMILES string of the molecule is CCCCCCCCc1cccc(N2CCc3cc(S(=O)(=O)Nc4ccc(CCNC[C@H](O)c5cccnc5)cc4)ccc32)n1. The molecule has 3 heterocycles. The monoisotopic (exact) mass is 627 g/mol. The number of nitrogens with zero attached hydrogens (tertiary/aromatic N) is 3. The van der Waals surface area contributed by atoms with Gasteiger partial charge in [-0.1, -0.05) is 63.3 Å². The summed E-state index contributed by atoms with van der Waals surface area (Å²) in [6.07, 6.45) is 12.8. The van der Waals surface area contributed by atoms with Gasteiger partial charge in [-0.15, -0.1) is 0 Å². The normalized spacial score (nSPS) is 13.5. The maximum Gasteiger partial charge on any atom is 0.261 e. The number of benzene rings is 2. The van der Waals surface area contributed by atoms with E-state index in [0.717, 1.165) is 66.1 Å². The van der Waals surface area contributed by atoms with E-state index in [1.807, 2.05) is 36.4 Å². The van der Waals surface area contributed by atoms with Crippen molar-refractivity contribution in [3.63, 3.8) is 0 Å². The molecule has 0 aliphatic carbocycles. The smallest absolute Gasteiger partial charge is 0.261 e. The highest BCUT2D eigenvalue weighted by atomic mass is 32.2. The van der Waals surface area contributed by atoms with E-state index in [1.165, 1.54) is 32.1 Å². The first-order valence-corrected chi connectivity index (χ1v) is 17.7. The Hall–Kier alpha value is -3.79. The van der Waals surface area contributed by atoms with Crippen LogP contribution in [0.1, 0.15) is 73.9 Å². The first-order chi connectivity index (χ1) is 21.9. The number of anilines is 3. The summed E-state index contributed by atoms with van der Waals surface area (Å²) in [4.78, 5) is 11.4. The third-order valence-electron chi connectivity index (χ3n) is 8.32. The summed E-state index contributed by atoms with van der Waals surface area (Å²) < 4.78 is 29.3. The van der Waals surface area contributed by atoms with Crippen molar-refractivity contribution in [1.82, 2.24) is 15.3 Å². The molecule has 45 heavy (non-hydrogen) atoms. The summed E-state index contributed by atoms with van der Waals surface area (Å²) in [5.74, 6) is 0.922. The van der Waals surface area contributed by atoms with Gasteiger partial charge in [-0.2, -0.15) is 0 Å². The van der Waals surface area contributed by atoms with E-state index >= 15 is 0 Å². The number of aryl methyl sites for hydroxylation is 1. The number of nitrogens with one attached hydrogen (secondary N) is 2. The minimum absolute atomic E-state index is 0.258. The number of fused-ring (bicyclic) bond motifs is 1. The molecule has 238 valence electrons. The van der Waals surface area contributed by atoms with Gasteiger partial charge in [-0.3, -0.25) is 9.71 Å². The fourth-order valence-corrected chi connectivity index (χ4v) is 6.85. The second-order valence-electron chi connectivity index (χ2n) is 11.8. The number of aromatic nitrogens is 2. The average Bonchev–Trinajstić information content (AvgIpc) is 3.49. The molecule has 1 aliphatic heterocycles. The summed E-state index contributed by atoms with van der Waals surface area (Å²) in [6, 6.07) is 22.7. The zero-order chi connectivity index (χ0) is 31.5. The van der Waals surface area contributed by atoms with Gasteiger partial charge < -0.3 is 15.3 Å². The molecule has 9 heteroatoms. The quantitative estimate of drug-likeness (QED) is 0.111. The van der Waals surface area contributed by atoms with E-state index < -0.39 is 16.1 Å². The lowest BCUT2D eigenvalue weighted by Crippen LogP contribution is -2.23. The molecule has 0 saturated heterocycles. The summed E-state index contributed by atoms with van der Waals surface area (Å²) in [5.41, 5.74) is 5.52. The fourth-order valence-electron chi connectivity index (χ4n) is 5.74. The van der Waals surface area contributed by atoms with Gasteiger partial charge >= 0.3 is 0 Å². The minimum atomic E-state index is -3.74. The van der Waals surface area contributed by atoms with E-state index in [1.54, 1.807) is 36.7 Å².